The maximum Gasteiger partial charge on any atom is 0.167 e. The van der Waals surface area contributed by atoms with Crippen molar-refractivity contribution in [1.82, 2.24) is 0 Å². The van der Waals surface area contributed by atoms with Crippen LogP contribution in [0.1, 0.15) is 26.7 Å². The highest BCUT2D eigenvalue weighted by Crippen LogP contribution is 2.39. The van der Waals surface area contributed by atoms with E-state index in [1.165, 1.54) is 18.9 Å². The first-order valence-electron chi connectivity index (χ1n) is 7.55. The van der Waals surface area contributed by atoms with Crippen molar-refractivity contribution in [3.05, 3.63) is 17.9 Å². The van der Waals surface area contributed by atoms with Crippen molar-refractivity contribution in [2.24, 2.45) is 5.92 Å². The molecule has 1 aromatic rings. The smallest absolute Gasteiger partial charge is 0.167 e. The Bertz CT molecular complexity index is 478. The van der Waals surface area contributed by atoms with Crippen LogP contribution in [0.2, 0.25) is 0 Å². The third kappa shape index (κ3) is 3.79. The lowest BCUT2D eigenvalue weighted by Crippen LogP contribution is -2.37. The minimum absolute atomic E-state index is 0.257. The number of hydrogen-bond donors (Lipinski definition) is 1. The van der Waals surface area contributed by atoms with E-state index < -0.39 is 5.82 Å². The Hall–Kier alpha value is -1.49. The van der Waals surface area contributed by atoms with Crippen LogP contribution in [0, 0.1) is 11.7 Å². The summed E-state index contributed by atoms with van der Waals surface area (Å²) < 4.78 is 24.4. The van der Waals surface area contributed by atoms with E-state index >= 15 is 0 Å². The lowest BCUT2D eigenvalue weighted by Gasteiger charge is -2.32. The summed E-state index contributed by atoms with van der Waals surface area (Å²) in [7, 11) is 1.68. The zero-order chi connectivity index (χ0) is 15.4. The van der Waals surface area contributed by atoms with Gasteiger partial charge in [0.1, 0.15) is 0 Å². The largest absolute Gasteiger partial charge is 0.491 e. The van der Waals surface area contributed by atoms with Crippen LogP contribution in [0.5, 0.6) is 5.75 Å². The molecular weight excluding hydrogens is 271 g/mol. The molecule has 2 N–H and O–H groups in total. The van der Waals surface area contributed by atoms with E-state index in [0.717, 1.165) is 12.2 Å². The third-order valence-corrected chi connectivity index (χ3v) is 4.02. The number of benzene rings is 1. The average Bonchev–Trinajstić information content (AvgIpc) is 3.28. The predicted molar refractivity (Wildman–Crippen MR) is 83.4 cm³/mol. The highest BCUT2D eigenvalue weighted by molar-refractivity contribution is 5.70. The van der Waals surface area contributed by atoms with Crippen LogP contribution in [0.4, 0.5) is 15.8 Å². The zero-order valence-corrected chi connectivity index (χ0v) is 13.1. The molecular formula is C16H25FN2O2. The number of nitrogen functional groups attached to an aromatic ring is 1. The van der Waals surface area contributed by atoms with Crippen molar-refractivity contribution in [2.45, 2.75) is 32.7 Å². The fraction of sp³-hybridized carbons (Fsp3) is 0.625. The van der Waals surface area contributed by atoms with Gasteiger partial charge < -0.3 is 20.1 Å². The molecule has 4 nitrogen and oxygen atoms in total. The minimum Gasteiger partial charge on any atom is -0.491 e. The number of nitrogens with two attached hydrogens (primary N) is 1. The average molecular weight is 296 g/mol. The van der Waals surface area contributed by atoms with E-state index in [0.29, 0.717) is 30.9 Å². The molecule has 0 heterocycles. The van der Waals surface area contributed by atoms with Gasteiger partial charge in [-0.25, -0.2) is 4.39 Å². The molecule has 0 aromatic heterocycles. The number of methoxy groups -OCH3 is 1. The van der Waals surface area contributed by atoms with Crippen LogP contribution < -0.4 is 15.4 Å². The summed E-state index contributed by atoms with van der Waals surface area (Å²) in [5.41, 5.74) is 7.31. The molecule has 1 atom stereocenters. The van der Waals surface area contributed by atoms with Gasteiger partial charge in [0.2, 0.25) is 0 Å². The Morgan fingerprint density at radius 3 is 2.71 bits per heavy atom. The molecule has 21 heavy (non-hydrogen) atoms. The Balaban J connectivity index is 2.30. The number of rotatable bonds is 8. The Labute approximate surface area is 126 Å². The first-order valence-corrected chi connectivity index (χ1v) is 7.55. The Morgan fingerprint density at radius 2 is 2.14 bits per heavy atom. The predicted octanol–water partition coefficient (Wildman–Crippen LogP) is 3.06. The molecule has 0 aliphatic heterocycles. The molecule has 2 rings (SSSR count). The monoisotopic (exact) mass is 296 g/mol. The second-order valence-corrected chi connectivity index (χ2v) is 5.54. The molecule has 0 bridgehead atoms. The number of ether oxygens (including phenoxy) is 2. The van der Waals surface area contributed by atoms with E-state index in [2.05, 4.69) is 11.8 Å². The van der Waals surface area contributed by atoms with Crippen LogP contribution in [0.25, 0.3) is 0 Å². The fourth-order valence-corrected chi connectivity index (χ4v) is 2.64. The summed E-state index contributed by atoms with van der Waals surface area (Å²) in [4.78, 5) is 2.21. The van der Waals surface area contributed by atoms with E-state index in [-0.39, 0.29) is 5.75 Å². The van der Waals surface area contributed by atoms with Gasteiger partial charge in [-0.05, 0) is 32.6 Å². The molecule has 118 valence electrons. The van der Waals surface area contributed by atoms with Gasteiger partial charge >= 0.3 is 0 Å². The summed E-state index contributed by atoms with van der Waals surface area (Å²) in [5, 5.41) is 0. The van der Waals surface area contributed by atoms with Crippen LogP contribution in [-0.4, -0.2) is 32.9 Å². The van der Waals surface area contributed by atoms with Gasteiger partial charge in [-0.1, -0.05) is 0 Å². The number of hydrogen-bond acceptors (Lipinski definition) is 4. The molecule has 0 saturated heterocycles. The number of halogens is 1. The highest BCUT2D eigenvalue weighted by atomic mass is 19.1. The molecule has 1 aromatic carbocycles. The summed E-state index contributed by atoms with van der Waals surface area (Å²) in [5.74, 6) is 0.526. The normalized spacial score (nSPS) is 15.8. The van der Waals surface area contributed by atoms with Crippen molar-refractivity contribution >= 4 is 11.4 Å². The SMILES string of the molecule is CCOc1cc(N(CCOC)C(C)C2CC2)c(N)cc1F. The molecule has 0 radical (unpaired) electrons. The topological polar surface area (TPSA) is 47.7 Å². The van der Waals surface area contributed by atoms with Crippen LogP contribution >= 0.6 is 0 Å². The quantitative estimate of drug-likeness (QED) is 0.749. The van der Waals surface area contributed by atoms with Gasteiger partial charge in [0.25, 0.3) is 0 Å². The Kier molecular flexibility index (Phi) is 5.28. The van der Waals surface area contributed by atoms with Crippen molar-refractivity contribution in [1.29, 1.82) is 0 Å². The summed E-state index contributed by atoms with van der Waals surface area (Å²) in [6, 6.07) is 3.42. The van der Waals surface area contributed by atoms with Crippen LogP contribution in [0.3, 0.4) is 0 Å². The van der Waals surface area contributed by atoms with E-state index in [1.807, 2.05) is 6.92 Å². The van der Waals surface area contributed by atoms with Crippen molar-refractivity contribution < 1.29 is 13.9 Å². The van der Waals surface area contributed by atoms with Gasteiger partial charge in [0, 0.05) is 31.8 Å². The van der Waals surface area contributed by atoms with Gasteiger partial charge in [-0.15, -0.1) is 0 Å². The van der Waals surface area contributed by atoms with E-state index in [9.17, 15) is 4.39 Å². The lowest BCUT2D eigenvalue weighted by atomic mass is 10.1. The molecule has 1 aliphatic rings. The summed E-state index contributed by atoms with van der Waals surface area (Å²) >= 11 is 0. The van der Waals surface area contributed by atoms with Crippen LogP contribution in [-0.2, 0) is 4.74 Å². The fourth-order valence-electron chi connectivity index (χ4n) is 2.64. The van der Waals surface area contributed by atoms with E-state index in [4.69, 9.17) is 15.2 Å². The summed E-state index contributed by atoms with van der Waals surface area (Å²) in [6.45, 7) is 5.80. The van der Waals surface area contributed by atoms with Gasteiger partial charge in [-0.2, -0.15) is 0 Å². The molecule has 0 spiro atoms. The molecule has 1 unspecified atom stereocenters. The maximum absolute atomic E-state index is 13.9. The molecule has 5 heteroatoms. The summed E-state index contributed by atoms with van der Waals surface area (Å²) in [6.07, 6.45) is 2.48. The second kappa shape index (κ2) is 6.98. The molecule has 1 aliphatic carbocycles. The highest BCUT2D eigenvalue weighted by Gasteiger charge is 2.33. The first-order chi connectivity index (χ1) is 10.1. The van der Waals surface area contributed by atoms with E-state index in [1.54, 1.807) is 13.2 Å². The van der Waals surface area contributed by atoms with Gasteiger partial charge in [0.15, 0.2) is 11.6 Å². The first kappa shape index (κ1) is 15.9. The molecule has 0 amide bonds. The number of nitrogens with zero attached hydrogens (tertiary/aromatic N) is 1. The van der Waals surface area contributed by atoms with Crippen molar-refractivity contribution in [3.63, 3.8) is 0 Å². The zero-order valence-electron chi connectivity index (χ0n) is 13.1. The molecule has 1 saturated carbocycles. The number of anilines is 2. The lowest BCUT2D eigenvalue weighted by molar-refractivity contribution is 0.202. The molecule has 1 fully saturated rings. The standard InChI is InChI=1S/C16H25FN2O2/c1-4-21-16-10-15(14(18)9-13(16)17)19(7-8-20-3)11(2)12-5-6-12/h9-12H,4-8,18H2,1-3H3. The second-order valence-electron chi connectivity index (χ2n) is 5.54. The Morgan fingerprint density at radius 1 is 1.43 bits per heavy atom. The maximum atomic E-state index is 13.9. The van der Waals surface area contributed by atoms with Gasteiger partial charge in [0.05, 0.1) is 24.6 Å². The van der Waals surface area contributed by atoms with Gasteiger partial charge in [-0.3, -0.25) is 0 Å². The van der Waals surface area contributed by atoms with Crippen LogP contribution in [0.15, 0.2) is 12.1 Å². The van der Waals surface area contributed by atoms with Crippen molar-refractivity contribution in [3.8, 4) is 5.75 Å². The van der Waals surface area contributed by atoms with Crippen molar-refractivity contribution in [2.75, 3.05) is 37.5 Å². The minimum atomic E-state index is -0.413. The third-order valence-electron chi connectivity index (χ3n) is 4.02.